The molecule has 31 heavy (non-hydrogen) atoms. The van der Waals surface area contributed by atoms with Crippen LogP contribution in [0, 0.1) is 6.92 Å². The summed E-state index contributed by atoms with van der Waals surface area (Å²) in [6.07, 6.45) is 0.884. The summed E-state index contributed by atoms with van der Waals surface area (Å²) in [5.41, 5.74) is 3.51. The van der Waals surface area contributed by atoms with Crippen molar-refractivity contribution in [1.29, 1.82) is 0 Å². The lowest BCUT2D eigenvalue weighted by atomic mass is 9.93. The number of fused-ring (bicyclic) bond motifs is 3. The average molecular weight is 417 g/mol. The normalized spacial score (nSPS) is 18.3. The Morgan fingerprint density at radius 1 is 1.10 bits per heavy atom. The van der Waals surface area contributed by atoms with E-state index in [-0.39, 0.29) is 11.4 Å². The van der Waals surface area contributed by atoms with E-state index in [1.54, 1.807) is 12.1 Å². The molecule has 1 aliphatic heterocycles. The molecule has 0 radical (unpaired) electrons. The number of aromatic hydroxyl groups is 1. The summed E-state index contributed by atoms with van der Waals surface area (Å²) in [6.45, 7) is 5.55. The van der Waals surface area contributed by atoms with E-state index in [9.17, 15) is 14.7 Å². The molecule has 4 N–H and O–H groups in total. The van der Waals surface area contributed by atoms with Crippen molar-refractivity contribution < 1.29 is 10.0 Å². The van der Waals surface area contributed by atoms with Gasteiger partial charge >= 0.3 is 5.69 Å². The molecule has 0 saturated heterocycles. The van der Waals surface area contributed by atoms with Gasteiger partial charge in [0.2, 0.25) is 5.88 Å². The number of benzene rings is 2. The number of likely N-dealkylation sites (N-methyl/N-ethyl adjacent to an activating group) is 1. The molecular formula is C24H25N4O3+. The number of aryl methyl sites for hydroxylation is 1. The van der Waals surface area contributed by atoms with Crippen molar-refractivity contribution in [2.45, 2.75) is 26.3 Å². The molecule has 3 heterocycles. The van der Waals surface area contributed by atoms with Crippen LogP contribution in [0.1, 0.15) is 35.3 Å². The maximum Gasteiger partial charge on any atom is 0.335 e. The highest BCUT2D eigenvalue weighted by Gasteiger charge is 2.39. The van der Waals surface area contributed by atoms with Crippen molar-refractivity contribution in [2.75, 3.05) is 13.1 Å². The van der Waals surface area contributed by atoms with Crippen LogP contribution in [0.3, 0.4) is 0 Å². The fourth-order valence-electron chi connectivity index (χ4n) is 4.94. The van der Waals surface area contributed by atoms with E-state index in [2.05, 4.69) is 23.0 Å². The van der Waals surface area contributed by atoms with Crippen LogP contribution in [0.15, 0.2) is 58.1 Å². The predicted molar refractivity (Wildman–Crippen MR) is 119 cm³/mol. The van der Waals surface area contributed by atoms with Crippen molar-refractivity contribution in [3.63, 3.8) is 0 Å². The van der Waals surface area contributed by atoms with Crippen LogP contribution in [-0.2, 0) is 6.42 Å². The van der Waals surface area contributed by atoms with Crippen molar-refractivity contribution in [3.8, 4) is 11.6 Å². The summed E-state index contributed by atoms with van der Waals surface area (Å²) >= 11 is 0. The predicted octanol–water partition coefficient (Wildman–Crippen LogP) is 1.57. The topological polar surface area (TPSA) is 95.3 Å². The molecule has 0 amide bonds. The third-order valence-electron chi connectivity index (χ3n) is 6.46. The molecule has 0 saturated carbocycles. The first-order valence-corrected chi connectivity index (χ1v) is 10.6. The molecular weight excluding hydrogens is 392 g/mol. The Hall–Kier alpha value is -3.58. The third kappa shape index (κ3) is 2.92. The first-order valence-electron chi connectivity index (χ1n) is 10.6. The zero-order valence-electron chi connectivity index (χ0n) is 17.5. The Morgan fingerprint density at radius 2 is 1.84 bits per heavy atom. The Bertz CT molecular complexity index is 1410. The van der Waals surface area contributed by atoms with Crippen LogP contribution in [0.5, 0.6) is 5.88 Å². The third-order valence-corrected chi connectivity index (χ3v) is 6.46. The van der Waals surface area contributed by atoms with Crippen LogP contribution >= 0.6 is 0 Å². The fraction of sp³-hybridized carbons (Fsp3) is 0.250. The molecule has 1 unspecified atom stereocenters. The molecule has 0 fully saturated rings. The standard InChI is InChI=1S/C24H24N4O3/c1-3-27-13-12-16-15-9-5-6-10-17(15)25-20(16)21(27)19-22(29)26-24(31)28(23(19)30)18-11-7-4-8-14(18)2/h4-11,21,25,30H,3,12-13H2,1-2H3,(H,26,29,31)/p+1/t21-/m1/s1. The second-order valence-corrected chi connectivity index (χ2v) is 8.13. The quantitative estimate of drug-likeness (QED) is 0.408. The van der Waals surface area contributed by atoms with Gasteiger partial charge in [0, 0.05) is 17.3 Å². The zero-order valence-corrected chi connectivity index (χ0v) is 17.5. The van der Waals surface area contributed by atoms with Crippen molar-refractivity contribution in [2.24, 2.45) is 0 Å². The summed E-state index contributed by atoms with van der Waals surface area (Å²) in [4.78, 5) is 32.9. The fourth-order valence-corrected chi connectivity index (χ4v) is 4.94. The molecule has 5 rings (SSSR count). The Morgan fingerprint density at radius 3 is 2.61 bits per heavy atom. The highest BCUT2D eigenvalue weighted by molar-refractivity contribution is 5.85. The van der Waals surface area contributed by atoms with Crippen LogP contribution in [0.2, 0.25) is 0 Å². The minimum atomic E-state index is -0.647. The van der Waals surface area contributed by atoms with Gasteiger partial charge in [0.1, 0.15) is 5.56 Å². The van der Waals surface area contributed by atoms with Crippen molar-refractivity contribution >= 4 is 10.9 Å². The lowest BCUT2D eigenvalue weighted by Crippen LogP contribution is -3.13. The Kier molecular flexibility index (Phi) is 4.55. The Labute approximate surface area is 178 Å². The number of nitrogens with one attached hydrogen (secondary N) is 3. The van der Waals surface area contributed by atoms with E-state index < -0.39 is 17.3 Å². The van der Waals surface area contributed by atoms with E-state index in [1.807, 2.05) is 37.3 Å². The molecule has 158 valence electrons. The molecule has 0 bridgehead atoms. The van der Waals surface area contributed by atoms with E-state index in [4.69, 9.17) is 0 Å². The number of rotatable bonds is 3. The highest BCUT2D eigenvalue weighted by atomic mass is 16.3. The minimum Gasteiger partial charge on any atom is -0.494 e. The molecule has 2 aromatic carbocycles. The zero-order chi connectivity index (χ0) is 21.7. The molecule has 7 heteroatoms. The van der Waals surface area contributed by atoms with Crippen molar-refractivity contribution in [3.05, 3.63) is 91.8 Å². The number of hydrogen-bond donors (Lipinski definition) is 4. The molecule has 2 atom stereocenters. The van der Waals surface area contributed by atoms with Gasteiger partial charge in [-0.1, -0.05) is 36.4 Å². The van der Waals surface area contributed by atoms with E-state index in [0.717, 1.165) is 46.6 Å². The maximum absolute atomic E-state index is 13.1. The number of quaternary nitrogens is 1. The van der Waals surface area contributed by atoms with Gasteiger partial charge in [-0.3, -0.25) is 9.78 Å². The smallest absolute Gasteiger partial charge is 0.335 e. The van der Waals surface area contributed by atoms with Crippen LogP contribution in [-0.4, -0.2) is 32.7 Å². The number of para-hydroxylation sites is 2. The summed E-state index contributed by atoms with van der Waals surface area (Å²) < 4.78 is 1.20. The van der Waals surface area contributed by atoms with Gasteiger partial charge < -0.3 is 15.0 Å². The molecule has 1 aliphatic rings. The average Bonchev–Trinajstić information content (AvgIpc) is 3.14. The van der Waals surface area contributed by atoms with E-state index >= 15 is 0 Å². The van der Waals surface area contributed by atoms with Gasteiger partial charge in [-0.05, 0) is 37.1 Å². The molecule has 0 aliphatic carbocycles. The number of aromatic nitrogens is 3. The van der Waals surface area contributed by atoms with Gasteiger partial charge in [0.15, 0.2) is 6.04 Å². The number of H-pyrrole nitrogens is 2. The largest absolute Gasteiger partial charge is 0.494 e. The van der Waals surface area contributed by atoms with Gasteiger partial charge in [0.25, 0.3) is 5.56 Å². The minimum absolute atomic E-state index is 0.215. The monoisotopic (exact) mass is 417 g/mol. The summed E-state index contributed by atoms with van der Waals surface area (Å²) in [5, 5.41) is 12.4. The van der Waals surface area contributed by atoms with Gasteiger partial charge in [0.05, 0.1) is 24.5 Å². The summed E-state index contributed by atoms with van der Waals surface area (Å²) in [5.74, 6) is -0.300. The lowest BCUT2D eigenvalue weighted by Gasteiger charge is -2.32. The van der Waals surface area contributed by atoms with Crippen LogP contribution < -0.4 is 16.1 Å². The van der Waals surface area contributed by atoms with Gasteiger partial charge in [-0.2, -0.15) is 0 Å². The van der Waals surface area contributed by atoms with Crippen LogP contribution in [0.25, 0.3) is 16.6 Å². The molecule has 2 aromatic heterocycles. The van der Waals surface area contributed by atoms with Gasteiger partial charge in [-0.25, -0.2) is 9.36 Å². The summed E-state index contributed by atoms with van der Waals surface area (Å²) in [7, 11) is 0. The highest BCUT2D eigenvalue weighted by Crippen LogP contribution is 2.33. The van der Waals surface area contributed by atoms with Crippen LogP contribution in [0.4, 0.5) is 0 Å². The molecule has 0 spiro atoms. The first kappa shape index (κ1) is 19.4. The van der Waals surface area contributed by atoms with Gasteiger partial charge in [-0.15, -0.1) is 0 Å². The number of aromatic amines is 2. The Balaban J connectivity index is 1.81. The second-order valence-electron chi connectivity index (χ2n) is 8.13. The van der Waals surface area contributed by atoms with E-state index in [0.29, 0.717) is 5.69 Å². The maximum atomic E-state index is 13.1. The number of nitrogens with zero attached hydrogens (tertiary/aromatic N) is 1. The summed E-state index contributed by atoms with van der Waals surface area (Å²) in [6, 6.07) is 15.0. The first-order chi connectivity index (χ1) is 15.0. The van der Waals surface area contributed by atoms with Crippen molar-refractivity contribution in [1.82, 2.24) is 14.5 Å². The lowest BCUT2D eigenvalue weighted by molar-refractivity contribution is -0.926. The molecule has 4 aromatic rings. The SMILES string of the molecule is CC[NH+]1CCc2c([nH]c3ccccc23)[C@H]1c1c(O)n(-c2ccccc2C)c(=O)[nH]c1=O. The second kappa shape index (κ2) is 7.28. The molecule has 7 nitrogen and oxygen atoms in total. The van der Waals surface area contributed by atoms with E-state index in [1.165, 1.54) is 10.1 Å². The number of hydrogen-bond acceptors (Lipinski definition) is 3.